The summed E-state index contributed by atoms with van der Waals surface area (Å²) in [6.45, 7) is 0.813. The van der Waals surface area contributed by atoms with Gasteiger partial charge in [0.15, 0.2) is 9.84 Å². The lowest BCUT2D eigenvalue weighted by Gasteiger charge is -2.24. The fraction of sp³-hybridized carbons (Fsp3) is 0.571. The van der Waals surface area contributed by atoms with Gasteiger partial charge < -0.3 is 10.6 Å². The van der Waals surface area contributed by atoms with Crippen molar-refractivity contribution < 1.29 is 8.42 Å². The highest BCUT2D eigenvalue weighted by Gasteiger charge is 2.30. The van der Waals surface area contributed by atoms with Gasteiger partial charge in [-0.2, -0.15) is 0 Å². The number of benzene rings is 1. The fourth-order valence-corrected chi connectivity index (χ4v) is 4.77. The number of rotatable bonds is 5. The molecule has 1 fully saturated rings. The molecule has 1 aliphatic rings. The maximum atomic E-state index is 11.5. The third-order valence-corrected chi connectivity index (χ3v) is 6.14. The van der Waals surface area contributed by atoms with Gasteiger partial charge in [0.1, 0.15) is 0 Å². The van der Waals surface area contributed by atoms with Crippen LogP contribution in [-0.2, 0) is 9.84 Å². The number of nitrogens with zero attached hydrogens (tertiary/aromatic N) is 1. The molecule has 2 rings (SSSR count). The number of nitrogens with two attached hydrogens (primary N) is 1. The first-order valence-corrected chi connectivity index (χ1v) is 9.40. The first kappa shape index (κ1) is 15.9. The number of sulfone groups is 1. The van der Waals surface area contributed by atoms with Crippen LogP contribution in [0.2, 0.25) is 0 Å². The third-order valence-electron chi connectivity index (χ3n) is 3.90. The van der Waals surface area contributed by atoms with Crippen LogP contribution in [0.5, 0.6) is 0 Å². The van der Waals surface area contributed by atoms with Crippen molar-refractivity contribution in [3.05, 3.63) is 34.3 Å². The predicted octanol–water partition coefficient (Wildman–Crippen LogP) is 1.96. The van der Waals surface area contributed by atoms with E-state index in [1.807, 2.05) is 31.3 Å². The molecule has 4 nitrogen and oxygen atoms in total. The minimum atomic E-state index is -2.82. The number of hydrogen-bond donors (Lipinski definition) is 1. The molecule has 1 heterocycles. The average Bonchev–Trinajstić information content (AvgIpc) is 2.76. The van der Waals surface area contributed by atoms with E-state index in [0.717, 1.165) is 29.4 Å². The Kier molecular flexibility index (Phi) is 5.23. The number of hydrogen-bond acceptors (Lipinski definition) is 4. The molecule has 0 radical (unpaired) electrons. The summed E-state index contributed by atoms with van der Waals surface area (Å²) in [7, 11) is -0.831. The Hall–Kier alpha value is -0.430. The largest absolute Gasteiger partial charge is 0.324 e. The van der Waals surface area contributed by atoms with Crippen LogP contribution in [0.3, 0.4) is 0 Å². The van der Waals surface area contributed by atoms with Crippen molar-refractivity contribution in [3.63, 3.8) is 0 Å². The maximum Gasteiger partial charge on any atom is 0.151 e. The van der Waals surface area contributed by atoms with Gasteiger partial charge in [-0.3, -0.25) is 0 Å². The van der Waals surface area contributed by atoms with Crippen LogP contribution in [0.1, 0.15) is 24.4 Å². The van der Waals surface area contributed by atoms with E-state index in [2.05, 4.69) is 20.8 Å². The third kappa shape index (κ3) is 4.28. The highest BCUT2D eigenvalue weighted by atomic mass is 79.9. The summed E-state index contributed by atoms with van der Waals surface area (Å²) >= 11 is 3.44. The van der Waals surface area contributed by atoms with Crippen LogP contribution in [0, 0.1) is 0 Å². The van der Waals surface area contributed by atoms with Gasteiger partial charge in [-0.15, -0.1) is 0 Å². The molecule has 0 bridgehead atoms. The fourth-order valence-electron chi connectivity index (χ4n) is 2.55. The SMILES string of the molecule is CN(CCC(N)c1cccc(Br)c1)C1CCS(=O)(=O)C1. The molecule has 2 N–H and O–H groups in total. The summed E-state index contributed by atoms with van der Waals surface area (Å²) < 4.78 is 24.0. The molecule has 1 aromatic carbocycles. The molecule has 1 aromatic rings. The van der Waals surface area contributed by atoms with Gasteiger partial charge in [0.25, 0.3) is 0 Å². The van der Waals surface area contributed by atoms with Crippen molar-refractivity contribution in [1.82, 2.24) is 4.90 Å². The van der Waals surface area contributed by atoms with Gasteiger partial charge in [0, 0.05) is 16.6 Å². The molecule has 0 aliphatic carbocycles. The van der Waals surface area contributed by atoms with Gasteiger partial charge >= 0.3 is 0 Å². The molecule has 0 spiro atoms. The highest BCUT2D eigenvalue weighted by Crippen LogP contribution is 2.21. The second-order valence-corrected chi connectivity index (χ2v) is 8.63. The van der Waals surface area contributed by atoms with Crippen molar-refractivity contribution in [2.24, 2.45) is 5.73 Å². The van der Waals surface area contributed by atoms with E-state index in [1.165, 1.54) is 0 Å². The Labute approximate surface area is 129 Å². The number of halogens is 1. The minimum absolute atomic E-state index is 0.0204. The second kappa shape index (κ2) is 6.56. The standard InChI is InChI=1S/C14H21BrN2O2S/c1-17(13-6-8-20(18,19)10-13)7-5-14(16)11-3-2-4-12(15)9-11/h2-4,9,13-14H,5-8,10,16H2,1H3. The van der Waals surface area contributed by atoms with E-state index in [9.17, 15) is 8.42 Å². The molecule has 2 atom stereocenters. The van der Waals surface area contributed by atoms with Crippen LogP contribution in [-0.4, -0.2) is 44.5 Å². The molecular weight excluding hydrogens is 340 g/mol. The van der Waals surface area contributed by atoms with Crippen LogP contribution in [0.4, 0.5) is 0 Å². The topological polar surface area (TPSA) is 63.4 Å². The summed E-state index contributed by atoms with van der Waals surface area (Å²) in [5.41, 5.74) is 7.30. The van der Waals surface area contributed by atoms with Gasteiger partial charge in [-0.25, -0.2) is 8.42 Å². The van der Waals surface area contributed by atoms with Crippen molar-refractivity contribution in [1.29, 1.82) is 0 Å². The molecule has 1 aliphatic heterocycles. The zero-order valence-corrected chi connectivity index (χ0v) is 14.0. The molecule has 0 saturated carbocycles. The lowest BCUT2D eigenvalue weighted by molar-refractivity contribution is 0.252. The second-order valence-electron chi connectivity index (χ2n) is 5.49. The van der Waals surface area contributed by atoms with Gasteiger partial charge in [0.2, 0.25) is 0 Å². The Morgan fingerprint density at radius 2 is 2.25 bits per heavy atom. The minimum Gasteiger partial charge on any atom is -0.324 e. The quantitative estimate of drug-likeness (QED) is 0.871. The van der Waals surface area contributed by atoms with Gasteiger partial charge in [0.05, 0.1) is 11.5 Å². The molecule has 6 heteroatoms. The van der Waals surface area contributed by atoms with E-state index < -0.39 is 9.84 Å². The van der Waals surface area contributed by atoms with Crippen molar-refractivity contribution in [3.8, 4) is 0 Å². The Morgan fingerprint density at radius 3 is 2.85 bits per heavy atom. The predicted molar refractivity (Wildman–Crippen MR) is 85.4 cm³/mol. The van der Waals surface area contributed by atoms with Crippen LogP contribution in [0.15, 0.2) is 28.7 Å². The van der Waals surface area contributed by atoms with Gasteiger partial charge in [-0.1, -0.05) is 28.1 Å². The molecule has 112 valence electrons. The Bertz CT molecular complexity index is 562. The van der Waals surface area contributed by atoms with Crippen LogP contribution in [0.25, 0.3) is 0 Å². The van der Waals surface area contributed by atoms with Crippen LogP contribution >= 0.6 is 15.9 Å². The first-order chi connectivity index (χ1) is 9.37. The zero-order valence-electron chi connectivity index (χ0n) is 11.6. The van der Waals surface area contributed by atoms with Crippen LogP contribution < -0.4 is 5.73 Å². The van der Waals surface area contributed by atoms with E-state index >= 15 is 0 Å². The molecule has 20 heavy (non-hydrogen) atoms. The summed E-state index contributed by atoms with van der Waals surface area (Å²) in [6, 6.07) is 8.14. The Morgan fingerprint density at radius 1 is 1.50 bits per heavy atom. The summed E-state index contributed by atoms with van der Waals surface area (Å²) in [4.78, 5) is 2.13. The molecule has 0 amide bonds. The smallest absolute Gasteiger partial charge is 0.151 e. The molecular formula is C14H21BrN2O2S. The van der Waals surface area contributed by atoms with E-state index in [0.29, 0.717) is 5.75 Å². The average molecular weight is 361 g/mol. The Balaban J connectivity index is 1.86. The summed E-state index contributed by atoms with van der Waals surface area (Å²) in [5, 5.41) is 0. The van der Waals surface area contributed by atoms with Crippen molar-refractivity contribution in [2.45, 2.75) is 24.9 Å². The van der Waals surface area contributed by atoms with E-state index in [4.69, 9.17) is 5.73 Å². The molecule has 2 unspecified atom stereocenters. The normalized spacial score (nSPS) is 23.1. The maximum absolute atomic E-state index is 11.5. The van der Waals surface area contributed by atoms with E-state index in [-0.39, 0.29) is 17.8 Å². The van der Waals surface area contributed by atoms with Crippen molar-refractivity contribution in [2.75, 3.05) is 25.1 Å². The summed E-state index contributed by atoms with van der Waals surface area (Å²) in [5.74, 6) is 0.606. The summed E-state index contributed by atoms with van der Waals surface area (Å²) in [6.07, 6.45) is 1.56. The highest BCUT2D eigenvalue weighted by molar-refractivity contribution is 9.10. The zero-order chi connectivity index (χ0) is 14.8. The van der Waals surface area contributed by atoms with Crippen molar-refractivity contribution >= 4 is 25.8 Å². The molecule has 1 saturated heterocycles. The van der Waals surface area contributed by atoms with Gasteiger partial charge in [-0.05, 0) is 44.1 Å². The lowest BCUT2D eigenvalue weighted by Crippen LogP contribution is -2.34. The lowest BCUT2D eigenvalue weighted by atomic mass is 10.0. The first-order valence-electron chi connectivity index (χ1n) is 6.79. The molecule has 0 aromatic heterocycles. The van der Waals surface area contributed by atoms with E-state index in [1.54, 1.807) is 0 Å². The monoisotopic (exact) mass is 360 g/mol.